The predicted octanol–water partition coefficient (Wildman–Crippen LogP) is 4.09. The van der Waals surface area contributed by atoms with Crippen LogP contribution in [-0.4, -0.2) is 23.5 Å². The molecule has 1 aliphatic carbocycles. The van der Waals surface area contributed by atoms with E-state index in [1.807, 2.05) is 13.8 Å². The SMILES string of the molecule is CC1CC(c2ccc(OCC(=O)O)c(Cl)c2Cl)=CC(=O)C1C. The molecule has 0 spiro atoms. The lowest BCUT2D eigenvalue weighted by Gasteiger charge is -2.25. The summed E-state index contributed by atoms with van der Waals surface area (Å²) in [5, 5.41) is 9.05. The Morgan fingerprint density at radius 2 is 2.00 bits per heavy atom. The molecular weight excluding hydrogens is 327 g/mol. The van der Waals surface area contributed by atoms with Gasteiger partial charge in [-0.3, -0.25) is 4.79 Å². The summed E-state index contributed by atoms with van der Waals surface area (Å²) in [5.74, 6) is -0.588. The Kier molecular flexibility index (Phi) is 5.14. The average Bonchev–Trinajstić information content (AvgIpc) is 2.45. The molecule has 1 aliphatic rings. The van der Waals surface area contributed by atoms with Crippen LogP contribution >= 0.6 is 23.2 Å². The summed E-state index contributed by atoms with van der Waals surface area (Å²) in [6.45, 7) is 3.44. The number of ketones is 1. The molecule has 0 aromatic heterocycles. The van der Waals surface area contributed by atoms with Gasteiger partial charge in [0.15, 0.2) is 12.4 Å². The quantitative estimate of drug-likeness (QED) is 0.895. The van der Waals surface area contributed by atoms with E-state index in [9.17, 15) is 9.59 Å². The van der Waals surface area contributed by atoms with Gasteiger partial charge < -0.3 is 9.84 Å². The molecule has 2 rings (SSSR count). The molecule has 2 unspecified atom stereocenters. The number of ether oxygens (including phenoxy) is 1. The second kappa shape index (κ2) is 6.71. The molecule has 1 aromatic carbocycles. The van der Waals surface area contributed by atoms with Crippen LogP contribution in [0.2, 0.25) is 10.0 Å². The Labute approximate surface area is 138 Å². The monoisotopic (exact) mass is 342 g/mol. The van der Waals surface area contributed by atoms with Crippen LogP contribution in [0.4, 0.5) is 0 Å². The Morgan fingerprint density at radius 3 is 2.59 bits per heavy atom. The van der Waals surface area contributed by atoms with Gasteiger partial charge in [-0.15, -0.1) is 0 Å². The summed E-state index contributed by atoms with van der Waals surface area (Å²) in [6.07, 6.45) is 2.35. The summed E-state index contributed by atoms with van der Waals surface area (Å²) in [6, 6.07) is 3.27. The van der Waals surface area contributed by atoms with Crippen LogP contribution in [0, 0.1) is 11.8 Å². The summed E-state index contributed by atoms with van der Waals surface area (Å²) >= 11 is 12.4. The molecule has 0 bridgehead atoms. The fraction of sp³-hybridized carbons (Fsp3) is 0.375. The third-order valence-corrected chi connectivity index (χ3v) is 4.77. The largest absolute Gasteiger partial charge is 0.480 e. The Morgan fingerprint density at radius 1 is 1.32 bits per heavy atom. The molecule has 6 heteroatoms. The third kappa shape index (κ3) is 3.45. The van der Waals surface area contributed by atoms with Crippen molar-refractivity contribution in [3.05, 3.63) is 33.8 Å². The fourth-order valence-corrected chi connectivity index (χ4v) is 2.88. The molecule has 118 valence electrons. The van der Waals surface area contributed by atoms with E-state index in [2.05, 4.69) is 0 Å². The first-order chi connectivity index (χ1) is 10.3. The van der Waals surface area contributed by atoms with Crippen molar-refractivity contribution in [3.8, 4) is 5.75 Å². The van der Waals surface area contributed by atoms with Crippen molar-refractivity contribution in [2.75, 3.05) is 6.61 Å². The first-order valence-electron chi connectivity index (χ1n) is 6.88. The predicted molar refractivity (Wildman–Crippen MR) is 85.5 cm³/mol. The van der Waals surface area contributed by atoms with Gasteiger partial charge in [0.2, 0.25) is 0 Å². The molecular formula is C16H16Cl2O4. The van der Waals surface area contributed by atoms with Crippen LogP contribution in [0.3, 0.4) is 0 Å². The van der Waals surface area contributed by atoms with E-state index < -0.39 is 12.6 Å². The topological polar surface area (TPSA) is 63.6 Å². The minimum atomic E-state index is -1.10. The van der Waals surface area contributed by atoms with Crippen molar-refractivity contribution >= 4 is 40.5 Å². The minimum absolute atomic E-state index is 0.00355. The first kappa shape index (κ1) is 16.8. The standard InChI is InChI=1S/C16H16Cl2O4/c1-8-5-10(6-12(19)9(8)2)11-3-4-13(16(18)15(11)17)22-7-14(20)21/h3-4,6,8-9H,5,7H2,1-2H3,(H,20,21). The van der Waals surface area contributed by atoms with E-state index in [1.165, 1.54) is 0 Å². The number of carbonyl (C=O) groups is 2. The lowest BCUT2D eigenvalue weighted by atomic mass is 9.79. The lowest BCUT2D eigenvalue weighted by Crippen LogP contribution is -2.22. The van der Waals surface area contributed by atoms with Gasteiger partial charge in [0.25, 0.3) is 0 Å². The molecule has 1 N–H and O–H groups in total. The van der Waals surface area contributed by atoms with Gasteiger partial charge in [0, 0.05) is 5.92 Å². The van der Waals surface area contributed by atoms with Crippen LogP contribution in [0.15, 0.2) is 18.2 Å². The molecule has 0 saturated carbocycles. The van der Waals surface area contributed by atoms with Gasteiger partial charge in [-0.1, -0.05) is 37.0 Å². The number of benzene rings is 1. The fourth-order valence-electron chi connectivity index (χ4n) is 2.38. The number of carboxylic acids is 1. The van der Waals surface area contributed by atoms with Gasteiger partial charge in [0.1, 0.15) is 10.8 Å². The molecule has 0 saturated heterocycles. The first-order valence-corrected chi connectivity index (χ1v) is 7.64. The maximum absolute atomic E-state index is 12.0. The van der Waals surface area contributed by atoms with Crippen LogP contribution in [0.25, 0.3) is 5.57 Å². The molecule has 0 heterocycles. The van der Waals surface area contributed by atoms with Crippen molar-refractivity contribution in [3.63, 3.8) is 0 Å². The van der Waals surface area contributed by atoms with Gasteiger partial charge in [0.05, 0.1) is 5.02 Å². The number of rotatable bonds is 4. The van der Waals surface area contributed by atoms with E-state index in [-0.39, 0.29) is 33.4 Å². The Hall–Kier alpha value is -1.52. The van der Waals surface area contributed by atoms with Crippen LogP contribution in [0.1, 0.15) is 25.8 Å². The zero-order valence-corrected chi connectivity index (χ0v) is 13.7. The van der Waals surface area contributed by atoms with Gasteiger partial charge >= 0.3 is 5.97 Å². The maximum Gasteiger partial charge on any atom is 0.341 e. The number of hydrogen-bond acceptors (Lipinski definition) is 3. The van der Waals surface area contributed by atoms with E-state index >= 15 is 0 Å². The van der Waals surface area contributed by atoms with Crippen molar-refractivity contribution in [2.24, 2.45) is 11.8 Å². The highest BCUT2D eigenvalue weighted by Crippen LogP contribution is 2.41. The number of aliphatic carboxylic acids is 1. The van der Waals surface area contributed by atoms with Crippen LogP contribution in [-0.2, 0) is 9.59 Å². The van der Waals surface area contributed by atoms with E-state index in [0.717, 1.165) is 12.0 Å². The Balaban J connectivity index is 2.34. The molecule has 0 amide bonds. The molecule has 0 radical (unpaired) electrons. The molecule has 4 nitrogen and oxygen atoms in total. The summed E-state index contributed by atoms with van der Waals surface area (Å²) in [7, 11) is 0. The van der Waals surface area contributed by atoms with E-state index in [1.54, 1.807) is 18.2 Å². The zero-order valence-electron chi connectivity index (χ0n) is 12.2. The van der Waals surface area contributed by atoms with Crippen molar-refractivity contribution in [1.29, 1.82) is 0 Å². The molecule has 0 fully saturated rings. The average molecular weight is 343 g/mol. The highest BCUT2D eigenvalue weighted by atomic mass is 35.5. The summed E-state index contributed by atoms with van der Waals surface area (Å²) < 4.78 is 5.08. The second-order valence-electron chi connectivity index (χ2n) is 5.46. The number of carbonyl (C=O) groups excluding carboxylic acids is 1. The molecule has 0 aliphatic heterocycles. The third-order valence-electron chi connectivity index (χ3n) is 3.90. The van der Waals surface area contributed by atoms with Crippen molar-refractivity contribution in [2.45, 2.75) is 20.3 Å². The van der Waals surface area contributed by atoms with Crippen LogP contribution < -0.4 is 4.74 Å². The Bertz CT molecular complexity index is 652. The second-order valence-corrected chi connectivity index (χ2v) is 6.22. The molecule has 22 heavy (non-hydrogen) atoms. The number of halogens is 2. The van der Waals surface area contributed by atoms with Gasteiger partial charge in [-0.05, 0) is 41.7 Å². The number of hydrogen-bond donors (Lipinski definition) is 1. The van der Waals surface area contributed by atoms with Gasteiger partial charge in [-0.25, -0.2) is 4.79 Å². The van der Waals surface area contributed by atoms with E-state index in [0.29, 0.717) is 5.56 Å². The highest BCUT2D eigenvalue weighted by Gasteiger charge is 2.27. The highest BCUT2D eigenvalue weighted by molar-refractivity contribution is 6.44. The zero-order chi connectivity index (χ0) is 16.4. The molecule has 2 atom stereocenters. The smallest absolute Gasteiger partial charge is 0.341 e. The van der Waals surface area contributed by atoms with Crippen molar-refractivity contribution < 1.29 is 19.4 Å². The van der Waals surface area contributed by atoms with Crippen LogP contribution in [0.5, 0.6) is 5.75 Å². The lowest BCUT2D eigenvalue weighted by molar-refractivity contribution is -0.139. The summed E-state index contributed by atoms with van der Waals surface area (Å²) in [4.78, 5) is 22.5. The number of carboxylic acid groups (broad SMARTS) is 1. The normalized spacial score (nSPS) is 21.5. The molecule has 1 aromatic rings. The maximum atomic E-state index is 12.0. The van der Waals surface area contributed by atoms with Gasteiger partial charge in [-0.2, -0.15) is 0 Å². The van der Waals surface area contributed by atoms with Crippen molar-refractivity contribution in [1.82, 2.24) is 0 Å². The number of allylic oxidation sites excluding steroid dienone is 2. The minimum Gasteiger partial charge on any atom is -0.480 e. The summed E-state index contributed by atoms with van der Waals surface area (Å²) in [5.41, 5.74) is 1.52. The van der Waals surface area contributed by atoms with E-state index in [4.69, 9.17) is 33.0 Å².